The Balaban J connectivity index is 2.27. The second-order valence-electron chi connectivity index (χ2n) is 3.84. The molecular weight excluding hydrogens is 200 g/mol. The van der Waals surface area contributed by atoms with Crippen molar-refractivity contribution in [2.45, 2.75) is 12.8 Å². The smallest absolute Gasteiger partial charge is 0.187 e. The Morgan fingerprint density at radius 1 is 1.25 bits per heavy atom. The summed E-state index contributed by atoms with van der Waals surface area (Å²) in [5.74, 6) is -0.0252. The first-order valence-electron chi connectivity index (χ1n) is 5.27. The fourth-order valence-electron chi connectivity index (χ4n) is 1.73. The number of aryl methyl sites for hydroxylation is 1. The first-order valence-corrected chi connectivity index (χ1v) is 5.27. The van der Waals surface area contributed by atoms with Crippen LogP contribution < -0.4 is 0 Å². The van der Waals surface area contributed by atoms with Gasteiger partial charge in [0.25, 0.3) is 0 Å². The van der Waals surface area contributed by atoms with Crippen LogP contribution in [0.4, 0.5) is 0 Å². The average molecular weight is 214 g/mol. The van der Waals surface area contributed by atoms with Gasteiger partial charge < -0.3 is 0 Å². The summed E-state index contributed by atoms with van der Waals surface area (Å²) in [7, 11) is 1.78. The number of ketones is 1. The van der Waals surface area contributed by atoms with Gasteiger partial charge in [-0.3, -0.25) is 9.48 Å². The van der Waals surface area contributed by atoms with Crippen LogP contribution in [-0.2, 0) is 7.05 Å². The Hall–Kier alpha value is -1.90. The van der Waals surface area contributed by atoms with Crippen molar-refractivity contribution in [3.05, 3.63) is 53.9 Å². The van der Waals surface area contributed by atoms with Gasteiger partial charge in [0.05, 0.1) is 0 Å². The molecule has 82 valence electrons. The summed E-state index contributed by atoms with van der Waals surface area (Å²) < 4.78 is 1.61. The Labute approximate surface area is 94.7 Å². The zero-order valence-corrected chi connectivity index (χ0v) is 9.42. The van der Waals surface area contributed by atoms with Crippen LogP contribution in [0.5, 0.6) is 0 Å². The molecule has 0 aliphatic carbocycles. The van der Waals surface area contributed by atoms with Crippen molar-refractivity contribution in [1.82, 2.24) is 9.78 Å². The van der Waals surface area contributed by atoms with Gasteiger partial charge in [0.15, 0.2) is 5.78 Å². The van der Waals surface area contributed by atoms with Crippen LogP contribution in [0, 0.1) is 0 Å². The van der Waals surface area contributed by atoms with Crippen LogP contribution in [0.3, 0.4) is 0 Å². The van der Waals surface area contributed by atoms with Crippen molar-refractivity contribution in [3.63, 3.8) is 0 Å². The largest absolute Gasteiger partial charge is 0.292 e. The van der Waals surface area contributed by atoms with Crippen LogP contribution in [0.1, 0.15) is 28.9 Å². The highest BCUT2D eigenvalue weighted by Crippen LogP contribution is 2.19. The summed E-state index contributed by atoms with van der Waals surface area (Å²) in [4.78, 5) is 12.2. The molecule has 2 aromatic rings. The Morgan fingerprint density at radius 2 is 1.94 bits per heavy atom. The number of hydrogen-bond donors (Lipinski definition) is 0. The molecule has 1 atom stereocenters. The van der Waals surface area contributed by atoms with E-state index in [4.69, 9.17) is 0 Å². The van der Waals surface area contributed by atoms with E-state index in [1.54, 1.807) is 24.0 Å². The molecule has 0 spiro atoms. The maximum atomic E-state index is 12.2. The van der Waals surface area contributed by atoms with Gasteiger partial charge in [0.2, 0.25) is 0 Å². The fraction of sp³-hybridized carbons (Fsp3) is 0.231. The molecule has 0 saturated heterocycles. The summed E-state index contributed by atoms with van der Waals surface area (Å²) in [6.45, 7) is 1.92. The van der Waals surface area contributed by atoms with E-state index in [1.807, 2.05) is 37.3 Å². The van der Waals surface area contributed by atoms with Crippen molar-refractivity contribution in [2.75, 3.05) is 0 Å². The van der Waals surface area contributed by atoms with E-state index in [0.29, 0.717) is 5.69 Å². The zero-order chi connectivity index (χ0) is 11.5. The average Bonchev–Trinajstić information content (AvgIpc) is 2.75. The van der Waals surface area contributed by atoms with Gasteiger partial charge in [-0.05, 0) is 11.6 Å². The molecule has 0 bridgehead atoms. The van der Waals surface area contributed by atoms with E-state index in [1.165, 1.54) is 0 Å². The third-order valence-corrected chi connectivity index (χ3v) is 2.77. The molecule has 16 heavy (non-hydrogen) atoms. The molecule has 0 radical (unpaired) electrons. The van der Waals surface area contributed by atoms with Crippen LogP contribution >= 0.6 is 0 Å². The molecule has 1 aromatic heterocycles. The molecule has 0 aliphatic heterocycles. The Kier molecular flexibility index (Phi) is 2.86. The van der Waals surface area contributed by atoms with Crippen molar-refractivity contribution in [3.8, 4) is 0 Å². The third-order valence-electron chi connectivity index (χ3n) is 2.77. The maximum Gasteiger partial charge on any atom is 0.187 e. The first kappa shape index (κ1) is 10.6. The van der Waals surface area contributed by atoms with Gasteiger partial charge in [-0.15, -0.1) is 0 Å². The van der Waals surface area contributed by atoms with Crippen LogP contribution in [-0.4, -0.2) is 15.6 Å². The molecule has 3 heteroatoms. The SMILES string of the molecule is CC(C(=O)c1ccnn1C)c1ccccc1. The quantitative estimate of drug-likeness (QED) is 0.735. The molecule has 0 fully saturated rings. The zero-order valence-electron chi connectivity index (χ0n) is 9.42. The second-order valence-corrected chi connectivity index (χ2v) is 3.84. The van der Waals surface area contributed by atoms with Gasteiger partial charge in [-0.1, -0.05) is 37.3 Å². The van der Waals surface area contributed by atoms with Crippen molar-refractivity contribution >= 4 is 5.78 Å². The van der Waals surface area contributed by atoms with Crippen molar-refractivity contribution in [1.29, 1.82) is 0 Å². The highest BCUT2D eigenvalue weighted by atomic mass is 16.1. The first-order chi connectivity index (χ1) is 7.70. The van der Waals surface area contributed by atoms with Gasteiger partial charge in [0, 0.05) is 19.2 Å². The van der Waals surface area contributed by atoms with E-state index in [0.717, 1.165) is 5.56 Å². The molecule has 0 saturated carbocycles. The maximum absolute atomic E-state index is 12.2. The molecule has 3 nitrogen and oxygen atoms in total. The monoisotopic (exact) mass is 214 g/mol. The van der Waals surface area contributed by atoms with E-state index in [9.17, 15) is 4.79 Å². The Morgan fingerprint density at radius 3 is 2.50 bits per heavy atom. The summed E-state index contributed by atoms with van der Waals surface area (Å²) in [5.41, 5.74) is 1.69. The predicted molar refractivity (Wildman–Crippen MR) is 62.4 cm³/mol. The number of benzene rings is 1. The molecule has 1 heterocycles. The third kappa shape index (κ3) is 1.89. The molecule has 0 N–H and O–H groups in total. The summed E-state index contributed by atoms with van der Waals surface area (Å²) in [6, 6.07) is 11.5. The second kappa shape index (κ2) is 4.31. The van der Waals surface area contributed by atoms with E-state index in [2.05, 4.69) is 5.10 Å². The minimum absolute atomic E-state index is 0.103. The Bertz CT molecular complexity index is 488. The van der Waals surface area contributed by atoms with Crippen molar-refractivity contribution in [2.24, 2.45) is 7.05 Å². The number of carbonyl (C=O) groups excluding carboxylic acids is 1. The number of Topliss-reactive ketones (excluding diaryl/α,β-unsaturated/α-hetero) is 1. The van der Waals surface area contributed by atoms with Crippen LogP contribution in [0.25, 0.3) is 0 Å². The topological polar surface area (TPSA) is 34.9 Å². The van der Waals surface area contributed by atoms with E-state index >= 15 is 0 Å². The highest BCUT2D eigenvalue weighted by molar-refractivity contribution is 5.99. The standard InChI is InChI=1S/C13H14N2O/c1-10(11-6-4-3-5-7-11)13(16)12-8-9-14-15(12)2/h3-10H,1-2H3. The normalized spacial score (nSPS) is 12.4. The number of rotatable bonds is 3. The molecule has 0 amide bonds. The molecule has 1 unspecified atom stereocenters. The lowest BCUT2D eigenvalue weighted by Crippen LogP contribution is -2.13. The minimum atomic E-state index is -0.128. The van der Waals surface area contributed by atoms with Gasteiger partial charge in [-0.2, -0.15) is 5.10 Å². The molecule has 2 rings (SSSR count). The molecule has 0 aliphatic rings. The van der Waals surface area contributed by atoms with Gasteiger partial charge in [0.1, 0.15) is 5.69 Å². The fourth-order valence-corrected chi connectivity index (χ4v) is 1.73. The number of aromatic nitrogens is 2. The van der Waals surface area contributed by atoms with E-state index < -0.39 is 0 Å². The summed E-state index contributed by atoms with van der Waals surface area (Å²) in [5, 5.41) is 4.01. The van der Waals surface area contributed by atoms with Gasteiger partial charge >= 0.3 is 0 Å². The highest BCUT2D eigenvalue weighted by Gasteiger charge is 2.19. The summed E-state index contributed by atoms with van der Waals surface area (Å²) >= 11 is 0. The molecule has 1 aromatic carbocycles. The van der Waals surface area contributed by atoms with Gasteiger partial charge in [-0.25, -0.2) is 0 Å². The van der Waals surface area contributed by atoms with Crippen molar-refractivity contribution < 1.29 is 4.79 Å². The van der Waals surface area contributed by atoms with Crippen LogP contribution in [0.15, 0.2) is 42.6 Å². The number of hydrogen-bond acceptors (Lipinski definition) is 2. The lowest BCUT2D eigenvalue weighted by atomic mass is 9.95. The lowest BCUT2D eigenvalue weighted by molar-refractivity contribution is 0.0957. The van der Waals surface area contributed by atoms with E-state index in [-0.39, 0.29) is 11.7 Å². The number of carbonyl (C=O) groups is 1. The minimum Gasteiger partial charge on any atom is -0.292 e. The predicted octanol–water partition coefficient (Wildman–Crippen LogP) is 2.41. The molecular formula is C13H14N2O. The summed E-state index contributed by atoms with van der Waals surface area (Å²) in [6.07, 6.45) is 1.64. The lowest BCUT2D eigenvalue weighted by Gasteiger charge is -2.10. The number of nitrogens with zero attached hydrogens (tertiary/aromatic N) is 2. The van der Waals surface area contributed by atoms with Crippen LogP contribution in [0.2, 0.25) is 0 Å².